The molecule has 28 nitrogen and oxygen atoms in total. The fourth-order valence-electron chi connectivity index (χ4n) is 16.7. The lowest BCUT2D eigenvalue weighted by atomic mass is 9.41. The number of cyclic esters (lactones) is 1. The average molecular weight is 1270 g/mol. The van der Waals surface area contributed by atoms with Crippen LogP contribution < -0.4 is 0 Å². The molecule has 0 radical (unpaired) electrons. The van der Waals surface area contributed by atoms with Gasteiger partial charge in [-0.2, -0.15) is 16.8 Å². The predicted octanol–water partition coefficient (Wildman–Crippen LogP) is 0.836. The van der Waals surface area contributed by atoms with E-state index in [4.69, 9.17) is 56.3 Å². The fourth-order valence-corrected chi connectivity index (χ4v) is 17.5. The molecule has 492 valence electrons. The lowest BCUT2D eigenvalue weighted by Crippen LogP contribution is -2.67. The molecule has 9 aliphatic rings. The molecule has 4 aliphatic carbocycles. The highest BCUT2D eigenvalue weighted by atomic mass is 32.3. The number of rotatable bonds is 19. The largest absolute Gasteiger partial charge is 0.462 e. The quantitative estimate of drug-likeness (QED) is 0.0491. The lowest BCUT2D eigenvalue weighted by molar-refractivity contribution is -0.388. The smallest absolute Gasteiger partial charge is 0.397 e. The summed E-state index contributed by atoms with van der Waals surface area (Å²) in [6, 6.07) is 0. The number of aliphatic hydroxyl groups excluding tert-OH is 7. The van der Waals surface area contributed by atoms with Gasteiger partial charge in [0.05, 0.1) is 42.9 Å². The number of allylic oxidation sites excluding steroid dienone is 3. The van der Waals surface area contributed by atoms with Crippen molar-refractivity contribution in [2.24, 2.45) is 39.4 Å². The van der Waals surface area contributed by atoms with E-state index in [1.807, 2.05) is 13.8 Å². The number of hydrogen-bond acceptors (Lipinski definition) is 26. The Balaban J connectivity index is 0.927. The van der Waals surface area contributed by atoms with Gasteiger partial charge in [-0.25, -0.2) is 8.37 Å². The molecule has 9 rings (SSSR count). The molecule has 86 heavy (non-hydrogen) atoms. The van der Waals surface area contributed by atoms with Crippen LogP contribution in [-0.4, -0.2) is 228 Å². The minimum atomic E-state index is -5.21. The number of esters is 2. The summed E-state index contributed by atoms with van der Waals surface area (Å²) in [6.07, 6.45) is -26.6. The van der Waals surface area contributed by atoms with Gasteiger partial charge in [0, 0.05) is 19.4 Å². The minimum absolute atomic E-state index is 0.00852. The summed E-state index contributed by atoms with van der Waals surface area (Å²) in [6.45, 7) is 18.9. The molecule has 0 aromatic heterocycles. The number of carbonyl (C=O) groups is 2. The van der Waals surface area contributed by atoms with Gasteiger partial charge in [-0.1, -0.05) is 44.9 Å². The van der Waals surface area contributed by atoms with Crippen LogP contribution in [0, 0.1) is 39.4 Å². The predicted molar refractivity (Wildman–Crippen MR) is 291 cm³/mol. The average Bonchev–Trinajstić information content (AvgIpc) is 1.46. The second-order valence-electron chi connectivity index (χ2n) is 26.6. The van der Waals surface area contributed by atoms with Crippen molar-refractivity contribution in [3.05, 3.63) is 23.8 Å². The second kappa shape index (κ2) is 24.9. The van der Waals surface area contributed by atoms with Crippen molar-refractivity contribution >= 4 is 32.7 Å². The summed E-state index contributed by atoms with van der Waals surface area (Å²) < 4.78 is 142. The topological polar surface area (TPSA) is 404 Å². The van der Waals surface area contributed by atoms with E-state index in [1.165, 1.54) is 27.9 Å². The maximum absolute atomic E-state index is 14.7. The van der Waals surface area contributed by atoms with Crippen molar-refractivity contribution in [1.82, 2.24) is 0 Å². The Kier molecular flexibility index (Phi) is 19.6. The number of methoxy groups -OCH3 is 1. The highest BCUT2D eigenvalue weighted by Gasteiger charge is 2.79. The van der Waals surface area contributed by atoms with Crippen molar-refractivity contribution in [1.29, 1.82) is 0 Å². The second-order valence-corrected chi connectivity index (χ2v) is 28.7. The lowest BCUT2D eigenvalue weighted by Gasteiger charge is -2.64. The molecule has 5 heterocycles. The van der Waals surface area contributed by atoms with Crippen molar-refractivity contribution in [3.63, 3.8) is 0 Å². The van der Waals surface area contributed by atoms with Crippen LogP contribution in [0.4, 0.5) is 0 Å². The first-order valence-corrected chi connectivity index (χ1v) is 32.2. The zero-order valence-corrected chi connectivity index (χ0v) is 51.7. The molecule has 28 atom stereocenters. The number of fused-ring (bicyclic) bond motifs is 4. The summed E-state index contributed by atoms with van der Waals surface area (Å²) in [5.41, 5.74) is -1.36. The molecule has 5 saturated heterocycles. The van der Waals surface area contributed by atoms with Crippen molar-refractivity contribution < 1.29 is 132 Å². The van der Waals surface area contributed by atoms with Crippen LogP contribution in [0.5, 0.6) is 0 Å². The van der Waals surface area contributed by atoms with Gasteiger partial charge in [0.15, 0.2) is 25.2 Å². The van der Waals surface area contributed by atoms with E-state index in [2.05, 4.69) is 44.5 Å². The summed E-state index contributed by atoms with van der Waals surface area (Å²) in [5.74, 6) is -1.11. The molecule has 1 spiro atoms. The van der Waals surface area contributed by atoms with Crippen LogP contribution in [0.15, 0.2) is 23.8 Å². The number of carbonyl (C=O) groups excluding carboxylic acids is 2. The Morgan fingerprint density at radius 1 is 0.721 bits per heavy atom. The third-order valence-electron chi connectivity index (χ3n) is 20.8. The minimum Gasteiger partial charge on any atom is -0.462 e. The molecule has 5 aliphatic heterocycles. The van der Waals surface area contributed by atoms with E-state index < -0.39 is 191 Å². The van der Waals surface area contributed by atoms with Crippen LogP contribution in [0.1, 0.15) is 120 Å². The van der Waals surface area contributed by atoms with Crippen LogP contribution in [0.25, 0.3) is 0 Å². The molecule has 0 bridgehead atoms. The number of hydrogen-bond donors (Lipinski definition) is 9. The van der Waals surface area contributed by atoms with Gasteiger partial charge in [0.1, 0.15) is 91.1 Å². The normalized spacial score (nSPS) is 48.5. The molecular weight excluding hydrogens is 1180 g/mol. The third kappa shape index (κ3) is 12.4. The van der Waals surface area contributed by atoms with Gasteiger partial charge in [-0.15, -0.1) is 6.58 Å². The molecule has 0 amide bonds. The summed E-state index contributed by atoms with van der Waals surface area (Å²) in [5, 5.41) is 79.8. The Morgan fingerprint density at radius 2 is 1.35 bits per heavy atom. The SMILES string of the molecule is C=C(C)CCC[C@]1(C)OC(=O)[C@]23CC[C@H]4C(=CC[C@H]5C(C)(C)[C@@H](O[C@@H]6OC[C@@H](OS(=O)(=O)O)[C@H](O)[C@H]6O[C@@H]6O[C@H](C)[C@@H](O[C@@H]7O[C@H](COS(=O)(=O)O)[C@@H](O)[C@H](O[C@@H]8O[C@H](C)[C@@H](O)[C@H](OC)[C@H]8O)[C@H]7O)[C@H](O)[C@H]6O)CC[C@]45C)[C@]2(C)C[C@H](OC(C)=O)[C@@H]31. The van der Waals surface area contributed by atoms with Crippen LogP contribution in [0.2, 0.25) is 0 Å². The molecular formula is C56H88O28S2. The highest BCUT2D eigenvalue weighted by Crippen LogP contribution is 2.77. The summed E-state index contributed by atoms with van der Waals surface area (Å²) in [7, 11) is -9.17. The Bertz CT molecular complexity index is 2750. The van der Waals surface area contributed by atoms with E-state index in [9.17, 15) is 71.3 Å². The highest BCUT2D eigenvalue weighted by molar-refractivity contribution is 7.81. The first-order valence-electron chi connectivity index (χ1n) is 29.4. The van der Waals surface area contributed by atoms with Crippen LogP contribution in [-0.2, 0) is 90.9 Å². The fraction of sp³-hybridized carbons (Fsp3) is 0.893. The zero-order chi connectivity index (χ0) is 63.3. The monoisotopic (exact) mass is 1270 g/mol. The Hall–Kier alpha value is -2.48. The van der Waals surface area contributed by atoms with Gasteiger partial charge in [-0.05, 0) is 108 Å². The van der Waals surface area contributed by atoms with Gasteiger partial charge in [0.2, 0.25) is 0 Å². The van der Waals surface area contributed by atoms with E-state index in [0.717, 1.165) is 24.0 Å². The Labute approximate surface area is 500 Å². The van der Waals surface area contributed by atoms with E-state index in [1.54, 1.807) is 0 Å². The van der Waals surface area contributed by atoms with Crippen LogP contribution in [0.3, 0.4) is 0 Å². The first kappa shape index (κ1) is 67.9. The summed E-state index contributed by atoms with van der Waals surface area (Å²) >= 11 is 0. The Morgan fingerprint density at radius 3 is 1.99 bits per heavy atom. The van der Waals surface area contributed by atoms with Crippen molar-refractivity contribution in [2.75, 3.05) is 20.3 Å². The van der Waals surface area contributed by atoms with Crippen LogP contribution >= 0.6 is 0 Å². The maximum atomic E-state index is 14.7. The third-order valence-corrected chi connectivity index (χ3v) is 21.7. The van der Waals surface area contributed by atoms with Gasteiger partial charge < -0.3 is 87.9 Å². The molecule has 0 unspecified atom stereocenters. The van der Waals surface area contributed by atoms with E-state index >= 15 is 0 Å². The van der Waals surface area contributed by atoms with Gasteiger partial charge in [-0.3, -0.25) is 18.7 Å². The molecule has 0 aromatic rings. The zero-order valence-electron chi connectivity index (χ0n) is 50.0. The van der Waals surface area contributed by atoms with Gasteiger partial charge in [0.25, 0.3) is 0 Å². The van der Waals surface area contributed by atoms with E-state index in [-0.39, 0.29) is 29.1 Å². The molecule has 8 fully saturated rings. The van der Waals surface area contributed by atoms with Crippen molar-refractivity contribution in [2.45, 2.75) is 255 Å². The molecule has 9 N–H and O–H groups in total. The summed E-state index contributed by atoms with van der Waals surface area (Å²) in [4.78, 5) is 27.5. The molecule has 0 aromatic carbocycles. The molecule has 30 heteroatoms. The van der Waals surface area contributed by atoms with E-state index in [0.29, 0.717) is 44.9 Å². The maximum Gasteiger partial charge on any atom is 0.397 e. The number of aliphatic hydroxyl groups is 7. The van der Waals surface area contributed by atoms with Crippen molar-refractivity contribution in [3.8, 4) is 0 Å². The molecule has 3 saturated carbocycles. The standard InChI is InChI=1S/C56H88O28S2/c1-24(2)13-12-18-55(10)46-30(77-27(5)57)21-54(9)29-14-15-33-52(6,7)34(17-19-53(33,8)28(29)16-20-56(46,54)51(65)83-55)79-50-45(37(60)32(22-73-50)84-86(69,70)71)82-47-39(62)38(61)42(26(4)76-47)80-49-41(64)44(36(59)31(78-49)23-74-85(66,67)68)81-48-40(63)43(72-11)35(58)25(3)75-48/h14,25-26,28,30-50,58-64H,1,12-13,15-23H2,2-11H3,(H,66,67,68)(H,69,70,71)/t25-,26-,28+,30+,31-,32-,33+,34+,35-,36-,37+,38-,39-,40-,41-,42-,43+,44+,45-,46-,47+,48+,49+,50+,53-,54+,55+,56-/m1/s1. The first-order chi connectivity index (χ1) is 39.9. The number of ether oxygens (including phenoxy) is 11. The van der Waals surface area contributed by atoms with Gasteiger partial charge >= 0.3 is 32.7 Å².